The van der Waals surface area contributed by atoms with Gasteiger partial charge in [-0.1, -0.05) is 26.2 Å². The molecule has 0 N–H and O–H groups in total. The zero-order valence-electron chi connectivity index (χ0n) is 12.2. The molecule has 0 rings (SSSR count). The lowest BCUT2D eigenvalue weighted by molar-refractivity contribution is -0.153. The van der Waals surface area contributed by atoms with Gasteiger partial charge in [-0.15, -0.1) is 23.2 Å². The zero-order chi connectivity index (χ0) is 15.4. The topological polar surface area (TPSA) is 52.6 Å². The maximum atomic E-state index is 11.5. The Kier molecular flexibility index (Phi) is 12.0. The first-order chi connectivity index (χ1) is 9.45. The molecule has 0 radical (unpaired) electrons. The van der Waals surface area contributed by atoms with Crippen molar-refractivity contribution in [3.63, 3.8) is 0 Å². The number of unbranched alkanes of at least 4 members (excludes halogenated alkanes) is 3. The van der Waals surface area contributed by atoms with Gasteiger partial charge < -0.3 is 9.47 Å². The van der Waals surface area contributed by atoms with Crippen molar-refractivity contribution in [1.82, 2.24) is 0 Å². The van der Waals surface area contributed by atoms with Crippen LogP contribution in [0.1, 0.15) is 58.8 Å². The molecule has 4 nitrogen and oxygen atoms in total. The molecule has 0 bridgehead atoms. The van der Waals surface area contributed by atoms with Gasteiger partial charge in [0.1, 0.15) is 11.4 Å². The van der Waals surface area contributed by atoms with Crippen molar-refractivity contribution in [2.24, 2.45) is 0 Å². The average Bonchev–Trinajstić information content (AvgIpc) is 2.39. The van der Waals surface area contributed by atoms with E-state index in [1.807, 2.05) is 6.92 Å². The van der Waals surface area contributed by atoms with Gasteiger partial charge in [-0.25, -0.2) is 0 Å². The van der Waals surface area contributed by atoms with E-state index < -0.39 is 10.8 Å². The second kappa shape index (κ2) is 12.3. The first-order valence-electron chi connectivity index (χ1n) is 7.09. The van der Waals surface area contributed by atoms with Crippen molar-refractivity contribution in [3.05, 3.63) is 0 Å². The minimum absolute atomic E-state index is 0.0120. The monoisotopic (exact) mass is 326 g/mol. The molecule has 0 aromatic rings. The summed E-state index contributed by atoms with van der Waals surface area (Å²) in [5, 5.41) is 0. The predicted molar refractivity (Wildman–Crippen MR) is 80.0 cm³/mol. The Bertz CT molecular complexity index is 282. The molecule has 1 unspecified atom stereocenters. The molecule has 1 atom stereocenters. The maximum Gasteiger partial charge on any atom is 0.306 e. The third-order valence-electron chi connectivity index (χ3n) is 2.70. The molecule has 0 fully saturated rings. The Hall–Kier alpha value is -0.480. The van der Waals surface area contributed by atoms with Gasteiger partial charge in [0.2, 0.25) is 0 Å². The number of rotatable bonds is 11. The van der Waals surface area contributed by atoms with Gasteiger partial charge in [0.25, 0.3) is 0 Å². The molecule has 0 aliphatic heterocycles. The molecule has 0 heterocycles. The fourth-order valence-corrected chi connectivity index (χ4v) is 1.76. The lowest BCUT2D eigenvalue weighted by Gasteiger charge is -2.13. The van der Waals surface area contributed by atoms with Crippen LogP contribution in [0.5, 0.6) is 0 Å². The fraction of sp³-hybridized carbons (Fsp3) is 0.857. The summed E-state index contributed by atoms with van der Waals surface area (Å²) >= 11 is 10.8. The van der Waals surface area contributed by atoms with Crippen LogP contribution in [0.25, 0.3) is 0 Å². The van der Waals surface area contributed by atoms with Gasteiger partial charge in [0, 0.05) is 0 Å². The molecular weight excluding hydrogens is 303 g/mol. The lowest BCUT2D eigenvalue weighted by Crippen LogP contribution is -2.17. The highest BCUT2D eigenvalue weighted by Crippen LogP contribution is 2.09. The molecule has 0 aliphatic carbocycles. The molecular formula is C14H24Cl2O4. The number of alkyl halides is 2. The predicted octanol–water partition coefficient (Wildman–Crippen LogP) is 4.02. The third-order valence-corrected chi connectivity index (χ3v) is 2.95. The van der Waals surface area contributed by atoms with E-state index in [0.717, 1.165) is 19.3 Å². The average molecular weight is 327 g/mol. The SMILES string of the molecule is CCCCCCC(C)OC(=O)CCC(=O)OCC(Cl)Cl. The Morgan fingerprint density at radius 3 is 2.30 bits per heavy atom. The Balaban J connectivity index is 3.63. The van der Waals surface area contributed by atoms with Gasteiger partial charge in [0.05, 0.1) is 18.9 Å². The van der Waals surface area contributed by atoms with E-state index >= 15 is 0 Å². The molecule has 0 amide bonds. The first-order valence-corrected chi connectivity index (χ1v) is 7.96. The van der Waals surface area contributed by atoms with Crippen LogP contribution >= 0.6 is 23.2 Å². The van der Waals surface area contributed by atoms with Crippen LogP contribution in [0.3, 0.4) is 0 Å². The Morgan fingerprint density at radius 2 is 1.70 bits per heavy atom. The summed E-state index contributed by atoms with van der Waals surface area (Å²) in [7, 11) is 0. The van der Waals surface area contributed by atoms with E-state index in [4.69, 9.17) is 32.7 Å². The molecule has 20 heavy (non-hydrogen) atoms. The second-order valence-electron chi connectivity index (χ2n) is 4.72. The Labute approximate surface area is 131 Å². The summed E-state index contributed by atoms with van der Waals surface area (Å²) < 4.78 is 9.95. The lowest BCUT2D eigenvalue weighted by atomic mass is 10.1. The van der Waals surface area contributed by atoms with Crippen LogP contribution in [-0.2, 0) is 19.1 Å². The molecule has 0 aromatic carbocycles. The highest BCUT2D eigenvalue weighted by molar-refractivity contribution is 6.44. The quantitative estimate of drug-likeness (QED) is 0.327. The number of carbonyl (C=O) groups is 2. The first kappa shape index (κ1) is 19.5. The highest BCUT2D eigenvalue weighted by atomic mass is 35.5. The molecule has 0 saturated carbocycles. The van der Waals surface area contributed by atoms with E-state index in [2.05, 4.69) is 6.92 Å². The van der Waals surface area contributed by atoms with Crippen LogP contribution < -0.4 is 0 Å². The summed E-state index contributed by atoms with van der Waals surface area (Å²) in [6.07, 6.45) is 5.35. The molecule has 0 aromatic heterocycles. The number of esters is 2. The van der Waals surface area contributed by atoms with Crippen molar-refractivity contribution in [2.75, 3.05) is 6.61 Å². The summed E-state index contributed by atoms with van der Waals surface area (Å²) in [4.78, 5) is 22.0. The fourth-order valence-electron chi connectivity index (χ4n) is 1.63. The minimum atomic E-state index is -0.742. The number of halogens is 2. The summed E-state index contributed by atoms with van der Waals surface area (Å²) in [5.74, 6) is -0.873. The molecule has 0 aliphatic rings. The van der Waals surface area contributed by atoms with Crippen molar-refractivity contribution in [2.45, 2.75) is 69.7 Å². The van der Waals surface area contributed by atoms with Crippen LogP contribution in [-0.4, -0.2) is 29.5 Å². The summed E-state index contributed by atoms with van der Waals surface area (Å²) in [6, 6.07) is 0. The van der Waals surface area contributed by atoms with Crippen LogP contribution in [0.2, 0.25) is 0 Å². The summed E-state index contributed by atoms with van der Waals surface area (Å²) in [6.45, 7) is 3.96. The van der Waals surface area contributed by atoms with Gasteiger partial charge in [0.15, 0.2) is 0 Å². The normalized spacial score (nSPS) is 12.2. The third kappa shape index (κ3) is 12.5. The van der Waals surface area contributed by atoms with E-state index in [9.17, 15) is 9.59 Å². The van der Waals surface area contributed by atoms with E-state index in [0.29, 0.717) is 0 Å². The molecule has 118 valence electrons. The largest absolute Gasteiger partial charge is 0.463 e. The second-order valence-corrected chi connectivity index (χ2v) is 6.00. The van der Waals surface area contributed by atoms with Gasteiger partial charge in [-0.2, -0.15) is 0 Å². The molecule has 0 saturated heterocycles. The molecule has 6 heteroatoms. The number of ether oxygens (including phenoxy) is 2. The van der Waals surface area contributed by atoms with Crippen LogP contribution in [0, 0.1) is 0 Å². The van der Waals surface area contributed by atoms with Crippen LogP contribution in [0.15, 0.2) is 0 Å². The zero-order valence-corrected chi connectivity index (χ0v) is 13.7. The van der Waals surface area contributed by atoms with E-state index in [-0.39, 0.29) is 31.5 Å². The highest BCUT2D eigenvalue weighted by Gasteiger charge is 2.13. The van der Waals surface area contributed by atoms with Gasteiger partial charge >= 0.3 is 11.9 Å². The number of carbonyl (C=O) groups excluding carboxylic acids is 2. The van der Waals surface area contributed by atoms with Crippen molar-refractivity contribution in [3.8, 4) is 0 Å². The van der Waals surface area contributed by atoms with Crippen molar-refractivity contribution in [1.29, 1.82) is 0 Å². The molecule has 0 spiro atoms. The van der Waals surface area contributed by atoms with Crippen molar-refractivity contribution < 1.29 is 19.1 Å². The number of hydrogen-bond acceptors (Lipinski definition) is 4. The smallest absolute Gasteiger partial charge is 0.306 e. The van der Waals surface area contributed by atoms with Crippen LogP contribution in [0.4, 0.5) is 0 Å². The minimum Gasteiger partial charge on any atom is -0.463 e. The van der Waals surface area contributed by atoms with Gasteiger partial charge in [-0.3, -0.25) is 9.59 Å². The van der Waals surface area contributed by atoms with E-state index in [1.165, 1.54) is 12.8 Å². The standard InChI is InChI=1S/C14H24Cl2O4/c1-3-4-5-6-7-11(2)20-14(18)9-8-13(17)19-10-12(15)16/h11-12H,3-10H2,1-2H3. The van der Waals surface area contributed by atoms with Crippen molar-refractivity contribution >= 4 is 35.1 Å². The number of hydrogen-bond donors (Lipinski definition) is 0. The summed E-state index contributed by atoms with van der Waals surface area (Å²) in [5.41, 5.74) is 0. The maximum absolute atomic E-state index is 11.5. The van der Waals surface area contributed by atoms with Gasteiger partial charge in [-0.05, 0) is 19.8 Å². The van der Waals surface area contributed by atoms with E-state index in [1.54, 1.807) is 0 Å². The Morgan fingerprint density at radius 1 is 1.05 bits per heavy atom.